The summed E-state index contributed by atoms with van der Waals surface area (Å²) >= 11 is 0. The first-order valence-corrected chi connectivity index (χ1v) is 6.31. The van der Waals surface area contributed by atoms with Gasteiger partial charge in [-0.3, -0.25) is 0 Å². The lowest BCUT2D eigenvalue weighted by Gasteiger charge is -2.38. The Labute approximate surface area is 125 Å². The van der Waals surface area contributed by atoms with Gasteiger partial charge >= 0.3 is 5.97 Å². The van der Waals surface area contributed by atoms with Crippen molar-refractivity contribution in [1.82, 2.24) is 0 Å². The quantitative estimate of drug-likeness (QED) is 0.232. The van der Waals surface area contributed by atoms with Gasteiger partial charge in [-0.25, -0.2) is 4.79 Å². The molecule has 0 aliphatic carbocycles. The summed E-state index contributed by atoms with van der Waals surface area (Å²) in [4.78, 5) is 10.1. The van der Waals surface area contributed by atoms with Gasteiger partial charge in [-0.2, -0.15) is 0 Å². The normalized spacial score (nSPS) is 31.5. The molecule has 5 atom stereocenters. The molecule has 1 rings (SSSR count). The molecule has 0 radical (unpaired) electrons. The lowest BCUT2D eigenvalue weighted by molar-refractivity contribution is -0.288. The number of carbonyl (C=O) groups is 1. The Balaban J connectivity index is 0.000000626. The zero-order chi connectivity index (χ0) is 17.3. The van der Waals surface area contributed by atoms with Gasteiger partial charge in [0.25, 0.3) is 0 Å². The van der Waals surface area contributed by atoms with Crippen molar-refractivity contribution in [2.45, 2.75) is 36.8 Å². The molecule has 11 heteroatoms. The van der Waals surface area contributed by atoms with Crippen molar-refractivity contribution in [3.05, 3.63) is 0 Å². The SMILES string of the molecule is O=C(O)COCC1OC(O)C(O)C(O)C1O.OCC(O)CO. The molecule has 1 aliphatic heterocycles. The molecule has 0 amide bonds. The Hall–Kier alpha value is -0.890. The second kappa shape index (κ2) is 10.8. The molecular formula is C11H22O11. The number of aliphatic carboxylic acids is 1. The van der Waals surface area contributed by atoms with Gasteiger partial charge in [0.05, 0.1) is 19.8 Å². The van der Waals surface area contributed by atoms with Crippen molar-refractivity contribution < 1.29 is 55.1 Å². The topological polar surface area (TPSA) is 197 Å². The van der Waals surface area contributed by atoms with E-state index in [1.807, 2.05) is 0 Å². The molecule has 1 saturated heterocycles. The predicted octanol–water partition coefficient (Wildman–Crippen LogP) is -4.78. The number of rotatable bonds is 6. The minimum Gasteiger partial charge on any atom is -0.480 e. The molecular weight excluding hydrogens is 308 g/mol. The summed E-state index contributed by atoms with van der Waals surface area (Å²) in [6.07, 6.45) is -8.31. The molecule has 0 aromatic heterocycles. The minimum atomic E-state index is -1.64. The van der Waals surface area contributed by atoms with Crippen molar-refractivity contribution in [2.24, 2.45) is 0 Å². The zero-order valence-electron chi connectivity index (χ0n) is 11.6. The van der Waals surface area contributed by atoms with E-state index in [-0.39, 0.29) is 19.8 Å². The first kappa shape index (κ1) is 21.1. The lowest BCUT2D eigenvalue weighted by Crippen LogP contribution is -2.58. The van der Waals surface area contributed by atoms with Crippen LogP contribution in [0.2, 0.25) is 0 Å². The fourth-order valence-corrected chi connectivity index (χ4v) is 1.39. The van der Waals surface area contributed by atoms with E-state index < -0.39 is 49.4 Å². The minimum absolute atomic E-state index is 0.311. The zero-order valence-corrected chi connectivity index (χ0v) is 11.6. The molecule has 5 unspecified atom stereocenters. The number of hydrogen-bond donors (Lipinski definition) is 8. The van der Waals surface area contributed by atoms with Gasteiger partial charge in [-0.1, -0.05) is 0 Å². The van der Waals surface area contributed by atoms with E-state index in [0.717, 1.165) is 0 Å². The molecule has 0 bridgehead atoms. The van der Waals surface area contributed by atoms with Crippen molar-refractivity contribution >= 4 is 5.97 Å². The Morgan fingerprint density at radius 2 is 1.59 bits per heavy atom. The van der Waals surface area contributed by atoms with Crippen molar-refractivity contribution in [1.29, 1.82) is 0 Å². The Morgan fingerprint density at radius 1 is 1.05 bits per heavy atom. The maximum Gasteiger partial charge on any atom is 0.329 e. The van der Waals surface area contributed by atoms with Crippen molar-refractivity contribution in [2.75, 3.05) is 26.4 Å². The second-order valence-electron chi connectivity index (χ2n) is 4.46. The Morgan fingerprint density at radius 3 is 2.00 bits per heavy atom. The van der Waals surface area contributed by atoms with E-state index in [1.165, 1.54) is 0 Å². The molecule has 0 aromatic rings. The highest BCUT2D eigenvalue weighted by molar-refractivity contribution is 5.67. The third kappa shape index (κ3) is 7.40. The summed E-state index contributed by atoms with van der Waals surface area (Å²) in [7, 11) is 0. The second-order valence-corrected chi connectivity index (χ2v) is 4.46. The first-order chi connectivity index (χ1) is 10.2. The van der Waals surface area contributed by atoms with Crippen LogP contribution in [-0.2, 0) is 14.3 Å². The van der Waals surface area contributed by atoms with Gasteiger partial charge in [0.2, 0.25) is 0 Å². The summed E-state index contributed by atoms with van der Waals surface area (Å²) in [6.45, 7) is -1.62. The molecule has 8 N–H and O–H groups in total. The molecule has 0 aromatic carbocycles. The Kier molecular flexibility index (Phi) is 10.3. The third-order valence-electron chi connectivity index (χ3n) is 2.62. The molecule has 11 nitrogen and oxygen atoms in total. The largest absolute Gasteiger partial charge is 0.480 e. The molecule has 1 fully saturated rings. The van der Waals surface area contributed by atoms with Crippen LogP contribution >= 0.6 is 0 Å². The smallest absolute Gasteiger partial charge is 0.329 e. The van der Waals surface area contributed by atoms with Crippen LogP contribution in [0, 0.1) is 0 Å². The van der Waals surface area contributed by atoms with E-state index in [1.54, 1.807) is 0 Å². The predicted molar refractivity (Wildman–Crippen MR) is 67.5 cm³/mol. The van der Waals surface area contributed by atoms with Gasteiger partial charge < -0.3 is 50.3 Å². The highest BCUT2D eigenvalue weighted by atomic mass is 16.6. The summed E-state index contributed by atoms with van der Waals surface area (Å²) in [5, 5.41) is 69.3. The third-order valence-corrected chi connectivity index (χ3v) is 2.62. The average molecular weight is 330 g/mol. The number of aliphatic hydroxyl groups excluding tert-OH is 7. The fraction of sp³-hybridized carbons (Fsp3) is 0.909. The van der Waals surface area contributed by atoms with Crippen LogP contribution in [0.5, 0.6) is 0 Å². The van der Waals surface area contributed by atoms with Gasteiger partial charge in [-0.05, 0) is 0 Å². The van der Waals surface area contributed by atoms with Crippen LogP contribution in [0.25, 0.3) is 0 Å². The van der Waals surface area contributed by atoms with Crippen LogP contribution in [0.15, 0.2) is 0 Å². The average Bonchev–Trinajstić information content (AvgIpc) is 2.49. The number of carboxylic acids is 1. The summed E-state index contributed by atoms with van der Waals surface area (Å²) in [5.41, 5.74) is 0. The monoisotopic (exact) mass is 330 g/mol. The van der Waals surface area contributed by atoms with Crippen molar-refractivity contribution in [3.8, 4) is 0 Å². The Bertz CT molecular complexity index is 308. The number of ether oxygens (including phenoxy) is 2. The van der Waals surface area contributed by atoms with E-state index in [0.29, 0.717) is 0 Å². The van der Waals surface area contributed by atoms with Gasteiger partial charge in [-0.15, -0.1) is 0 Å². The fourth-order valence-electron chi connectivity index (χ4n) is 1.39. The summed E-state index contributed by atoms with van der Waals surface area (Å²) < 4.78 is 9.39. The van der Waals surface area contributed by atoms with E-state index in [2.05, 4.69) is 4.74 Å². The van der Waals surface area contributed by atoms with Crippen LogP contribution < -0.4 is 0 Å². The molecule has 1 heterocycles. The highest BCUT2D eigenvalue weighted by Gasteiger charge is 2.42. The molecule has 1 aliphatic rings. The summed E-state index contributed by atoms with van der Waals surface area (Å²) in [5.74, 6) is -1.19. The van der Waals surface area contributed by atoms with E-state index in [9.17, 15) is 15.0 Å². The number of aliphatic hydroxyl groups is 7. The van der Waals surface area contributed by atoms with Crippen LogP contribution in [0.4, 0.5) is 0 Å². The molecule has 132 valence electrons. The highest BCUT2D eigenvalue weighted by Crippen LogP contribution is 2.19. The van der Waals surface area contributed by atoms with E-state index >= 15 is 0 Å². The van der Waals surface area contributed by atoms with Gasteiger partial charge in [0, 0.05) is 0 Å². The van der Waals surface area contributed by atoms with Gasteiger partial charge in [0.1, 0.15) is 37.1 Å². The summed E-state index contributed by atoms with van der Waals surface area (Å²) in [6, 6.07) is 0. The first-order valence-electron chi connectivity index (χ1n) is 6.31. The molecule has 0 spiro atoms. The van der Waals surface area contributed by atoms with Crippen LogP contribution in [0.1, 0.15) is 0 Å². The molecule has 22 heavy (non-hydrogen) atoms. The standard InChI is InChI=1S/C8H14O8.C3H8O3/c9-4(10)2-15-1-3-5(11)6(12)7(13)8(14)16-3;4-1-3(6)2-5/h3,5-8,11-14H,1-2H2,(H,9,10);3-6H,1-2H2. The maximum absolute atomic E-state index is 10.1. The van der Waals surface area contributed by atoms with E-state index in [4.69, 9.17) is 35.4 Å². The van der Waals surface area contributed by atoms with Crippen LogP contribution in [0.3, 0.4) is 0 Å². The number of hydrogen-bond acceptors (Lipinski definition) is 10. The lowest BCUT2D eigenvalue weighted by atomic mass is 9.99. The maximum atomic E-state index is 10.1. The number of carboxylic acid groups (broad SMARTS) is 1. The molecule has 0 saturated carbocycles. The van der Waals surface area contributed by atoms with Crippen LogP contribution in [-0.4, -0.2) is 110 Å². The van der Waals surface area contributed by atoms with Crippen molar-refractivity contribution in [3.63, 3.8) is 0 Å². The van der Waals surface area contributed by atoms with Gasteiger partial charge in [0.15, 0.2) is 6.29 Å².